The van der Waals surface area contributed by atoms with Crippen LogP contribution in [0.2, 0.25) is 0 Å². The van der Waals surface area contributed by atoms with Crippen LogP contribution in [0.5, 0.6) is 11.5 Å². The van der Waals surface area contributed by atoms with Crippen LogP contribution in [-0.2, 0) is 11.2 Å². The number of nitrogens with zero attached hydrogens (tertiary/aromatic N) is 1. The molecule has 28 heavy (non-hydrogen) atoms. The van der Waals surface area contributed by atoms with E-state index in [4.69, 9.17) is 14.3 Å². The van der Waals surface area contributed by atoms with E-state index in [0.717, 1.165) is 30.5 Å². The first-order valence-electron chi connectivity index (χ1n) is 10.1. The molecule has 1 saturated carbocycles. The minimum Gasteiger partial charge on any atom is -0.494 e. The highest BCUT2D eigenvalue weighted by Gasteiger charge is 2.28. The molecular weight excluding hydrogens is 352 g/mol. The molecule has 0 radical (unpaired) electrons. The maximum absolute atomic E-state index is 8.58. The van der Waals surface area contributed by atoms with E-state index in [2.05, 4.69) is 34.9 Å². The number of primary amides is 1. The number of hydrogen-bond acceptors (Lipinski definition) is 4. The van der Waals surface area contributed by atoms with Crippen LogP contribution >= 0.6 is 0 Å². The van der Waals surface area contributed by atoms with E-state index in [0.29, 0.717) is 6.61 Å². The third kappa shape index (κ3) is 5.41. The van der Waals surface area contributed by atoms with Gasteiger partial charge in [-0.15, -0.1) is 0 Å². The van der Waals surface area contributed by atoms with Crippen molar-refractivity contribution in [1.29, 1.82) is 0 Å². The Balaban J connectivity index is 0.000000706. The van der Waals surface area contributed by atoms with E-state index in [1.165, 1.54) is 36.9 Å². The molecule has 150 valence electrons. The number of carbonyl (C=O) groups excluding carboxylic acids is 1. The number of nitrogens with two attached hydrogens (primary N) is 1. The minimum atomic E-state index is 0.250. The first-order chi connectivity index (χ1) is 13.7. The molecule has 5 heteroatoms. The van der Waals surface area contributed by atoms with Crippen molar-refractivity contribution in [2.24, 2.45) is 11.7 Å². The van der Waals surface area contributed by atoms with Crippen molar-refractivity contribution in [1.82, 2.24) is 0 Å². The van der Waals surface area contributed by atoms with Gasteiger partial charge >= 0.3 is 0 Å². The molecule has 2 aromatic rings. The number of rotatable bonds is 7. The molecule has 2 fully saturated rings. The van der Waals surface area contributed by atoms with Gasteiger partial charge in [0.05, 0.1) is 19.7 Å². The Hall–Kier alpha value is -2.69. The largest absolute Gasteiger partial charge is 0.494 e. The molecule has 0 unspecified atom stereocenters. The van der Waals surface area contributed by atoms with Crippen LogP contribution in [0.4, 0.5) is 5.69 Å². The normalized spacial score (nSPS) is 16.2. The lowest BCUT2D eigenvalue weighted by Gasteiger charge is -2.40. The zero-order valence-corrected chi connectivity index (χ0v) is 16.5. The molecule has 4 rings (SSSR count). The van der Waals surface area contributed by atoms with Gasteiger partial charge in [0, 0.05) is 5.69 Å². The van der Waals surface area contributed by atoms with Crippen LogP contribution in [0, 0.1) is 5.92 Å². The summed E-state index contributed by atoms with van der Waals surface area (Å²) in [6.07, 6.45) is 6.03. The van der Waals surface area contributed by atoms with Crippen LogP contribution in [0.1, 0.15) is 31.7 Å². The molecular formula is C23H30N2O3. The van der Waals surface area contributed by atoms with E-state index >= 15 is 0 Å². The molecule has 1 aliphatic carbocycles. The van der Waals surface area contributed by atoms with Crippen LogP contribution in [0.15, 0.2) is 48.5 Å². The summed E-state index contributed by atoms with van der Waals surface area (Å²) in [4.78, 5) is 11.0. The summed E-state index contributed by atoms with van der Waals surface area (Å²) in [6, 6.07) is 17.0. The Morgan fingerprint density at radius 1 is 1.04 bits per heavy atom. The van der Waals surface area contributed by atoms with Crippen LogP contribution in [0.3, 0.4) is 0 Å². The predicted molar refractivity (Wildman–Crippen MR) is 112 cm³/mol. The highest BCUT2D eigenvalue weighted by Crippen LogP contribution is 2.31. The maximum Gasteiger partial charge on any atom is 0.204 e. The van der Waals surface area contributed by atoms with E-state index in [9.17, 15) is 0 Å². The van der Waals surface area contributed by atoms with Gasteiger partial charge in [0.25, 0.3) is 0 Å². The standard InChI is InChI=1S/C22H27NO2.CH3NO/c1-2-24-20-10-12-21(13-11-20)25-22-15-23(16-22)19-8-6-18(7-9-19)14-17-4-3-5-17;2-1-3/h6-13,17,22H,2-5,14-16H2,1H3;1H,(H2,2,3). The molecule has 1 heterocycles. The third-order valence-corrected chi connectivity index (χ3v) is 5.34. The first kappa shape index (κ1) is 20.1. The summed E-state index contributed by atoms with van der Waals surface area (Å²) in [6.45, 7) is 4.59. The van der Waals surface area contributed by atoms with E-state index < -0.39 is 0 Å². The van der Waals surface area contributed by atoms with Crippen molar-refractivity contribution in [2.45, 2.75) is 38.7 Å². The number of hydrogen-bond donors (Lipinski definition) is 1. The third-order valence-electron chi connectivity index (χ3n) is 5.34. The van der Waals surface area contributed by atoms with Gasteiger partial charge in [-0.05, 0) is 61.2 Å². The highest BCUT2D eigenvalue weighted by atomic mass is 16.5. The second-order valence-corrected chi connectivity index (χ2v) is 7.35. The molecule has 0 bridgehead atoms. The number of carbonyl (C=O) groups is 1. The first-order valence-corrected chi connectivity index (χ1v) is 10.1. The summed E-state index contributed by atoms with van der Waals surface area (Å²) in [7, 11) is 0. The fourth-order valence-electron chi connectivity index (χ4n) is 3.57. The second-order valence-electron chi connectivity index (χ2n) is 7.35. The van der Waals surface area contributed by atoms with Crippen molar-refractivity contribution < 1.29 is 14.3 Å². The molecule has 2 aliphatic rings. The van der Waals surface area contributed by atoms with Gasteiger partial charge in [0.15, 0.2) is 0 Å². The average molecular weight is 383 g/mol. The van der Waals surface area contributed by atoms with Crippen molar-refractivity contribution in [3.63, 3.8) is 0 Å². The lowest BCUT2D eigenvalue weighted by atomic mass is 9.81. The number of anilines is 1. The molecule has 0 aromatic heterocycles. The fraction of sp³-hybridized carbons (Fsp3) is 0.435. The monoisotopic (exact) mass is 382 g/mol. The predicted octanol–water partition coefficient (Wildman–Crippen LogP) is 3.80. The van der Waals surface area contributed by atoms with Gasteiger partial charge in [-0.25, -0.2) is 0 Å². The molecule has 0 atom stereocenters. The Bertz CT molecular complexity index is 721. The smallest absolute Gasteiger partial charge is 0.204 e. The Morgan fingerprint density at radius 3 is 2.18 bits per heavy atom. The molecule has 0 spiro atoms. The van der Waals surface area contributed by atoms with Gasteiger partial charge in [-0.2, -0.15) is 0 Å². The minimum absolute atomic E-state index is 0.250. The summed E-state index contributed by atoms with van der Waals surface area (Å²) >= 11 is 0. The van der Waals surface area contributed by atoms with Crippen LogP contribution in [-0.4, -0.2) is 32.2 Å². The number of benzene rings is 2. The zero-order chi connectivity index (χ0) is 19.8. The molecule has 5 nitrogen and oxygen atoms in total. The molecule has 2 aromatic carbocycles. The van der Waals surface area contributed by atoms with Crippen LogP contribution < -0.4 is 20.1 Å². The van der Waals surface area contributed by atoms with E-state index in [-0.39, 0.29) is 12.5 Å². The van der Waals surface area contributed by atoms with Gasteiger partial charge in [-0.3, -0.25) is 4.79 Å². The quantitative estimate of drug-likeness (QED) is 0.740. The zero-order valence-electron chi connectivity index (χ0n) is 16.5. The average Bonchev–Trinajstić information content (AvgIpc) is 2.64. The van der Waals surface area contributed by atoms with E-state index in [1.54, 1.807) is 0 Å². The summed E-state index contributed by atoms with van der Waals surface area (Å²) < 4.78 is 11.5. The lowest BCUT2D eigenvalue weighted by Crippen LogP contribution is -2.54. The van der Waals surface area contributed by atoms with Crippen LogP contribution in [0.25, 0.3) is 0 Å². The van der Waals surface area contributed by atoms with Gasteiger partial charge in [0.2, 0.25) is 6.41 Å². The highest BCUT2D eigenvalue weighted by molar-refractivity contribution is 5.50. The summed E-state index contributed by atoms with van der Waals surface area (Å²) in [5.74, 6) is 2.75. The maximum atomic E-state index is 8.58. The lowest BCUT2D eigenvalue weighted by molar-refractivity contribution is -0.106. The summed E-state index contributed by atoms with van der Waals surface area (Å²) in [5.41, 5.74) is 6.96. The van der Waals surface area contributed by atoms with Gasteiger partial charge < -0.3 is 20.1 Å². The van der Waals surface area contributed by atoms with Gasteiger partial charge in [0.1, 0.15) is 17.6 Å². The van der Waals surface area contributed by atoms with Crippen molar-refractivity contribution >= 4 is 12.1 Å². The van der Waals surface area contributed by atoms with E-state index in [1.807, 2.05) is 31.2 Å². The van der Waals surface area contributed by atoms with Crippen molar-refractivity contribution in [3.05, 3.63) is 54.1 Å². The van der Waals surface area contributed by atoms with Crippen molar-refractivity contribution in [2.75, 3.05) is 24.6 Å². The molecule has 1 aliphatic heterocycles. The number of ether oxygens (including phenoxy) is 2. The number of amides is 1. The summed E-state index contributed by atoms with van der Waals surface area (Å²) in [5, 5.41) is 0. The topological polar surface area (TPSA) is 64.8 Å². The Kier molecular flexibility index (Phi) is 7.18. The van der Waals surface area contributed by atoms with Gasteiger partial charge in [-0.1, -0.05) is 31.4 Å². The van der Waals surface area contributed by atoms with Crippen molar-refractivity contribution in [3.8, 4) is 11.5 Å². The molecule has 2 N–H and O–H groups in total. The molecule has 1 saturated heterocycles. The SMILES string of the molecule is CCOc1ccc(OC2CN(c3ccc(CC4CCC4)cc3)C2)cc1.NC=O. The Labute approximate surface area is 167 Å². The Morgan fingerprint density at radius 2 is 1.64 bits per heavy atom. The fourth-order valence-corrected chi connectivity index (χ4v) is 3.57. The second kappa shape index (κ2) is 10.0. The molecule has 1 amide bonds.